The van der Waals surface area contributed by atoms with Crippen LogP contribution in [-0.4, -0.2) is 34.3 Å². The van der Waals surface area contributed by atoms with Crippen LogP contribution in [0.3, 0.4) is 0 Å². The van der Waals surface area contributed by atoms with E-state index in [4.69, 9.17) is 4.74 Å². The monoisotopic (exact) mass is 256 g/mol. The fourth-order valence-electron chi connectivity index (χ4n) is 2.22. The molecule has 2 aliphatic heterocycles. The first-order valence-electron chi connectivity index (χ1n) is 5.89. The maximum atomic E-state index is 13.3. The molecule has 0 aromatic carbocycles. The molecule has 18 heavy (non-hydrogen) atoms. The van der Waals surface area contributed by atoms with Gasteiger partial charge in [0.05, 0.1) is 12.2 Å². The lowest BCUT2D eigenvalue weighted by Crippen LogP contribution is -2.42. The molecule has 1 amide bonds. The number of amides is 1. The average Bonchev–Trinajstić information content (AvgIpc) is 2.65. The van der Waals surface area contributed by atoms with E-state index in [1.165, 1.54) is 4.90 Å². The summed E-state index contributed by atoms with van der Waals surface area (Å²) in [5.74, 6) is -1.29. The fourth-order valence-corrected chi connectivity index (χ4v) is 2.22. The van der Waals surface area contributed by atoms with Gasteiger partial charge in [0.2, 0.25) is 5.83 Å². The molecular weight excluding hydrogens is 239 g/mol. The quantitative estimate of drug-likeness (QED) is 0.768. The zero-order valence-electron chi connectivity index (χ0n) is 10.4. The van der Waals surface area contributed by atoms with Gasteiger partial charge in [0, 0.05) is 12.6 Å². The fraction of sp³-hybridized carbons (Fsp3) is 0.583. The molecule has 5 nitrogen and oxygen atoms in total. The number of rotatable bonds is 2. The molecule has 1 saturated heterocycles. The van der Waals surface area contributed by atoms with Crippen molar-refractivity contribution in [2.75, 3.05) is 0 Å². The van der Waals surface area contributed by atoms with E-state index in [0.29, 0.717) is 6.42 Å². The molecule has 0 aliphatic carbocycles. The first kappa shape index (κ1) is 13.0. The summed E-state index contributed by atoms with van der Waals surface area (Å²) in [7, 11) is 0. The molecule has 2 heterocycles. The summed E-state index contributed by atoms with van der Waals surface area (Å²) >= 11 is 0. The minimum absolute atomic E-state index is 0.159. The van der Waals surface area contributed by atoms with Crippen LogP contribution in [0.2, 0.25) is 0 Å². The van der Waals surface area contributed by atoms with Crippen LogP contribution in [0.4, 0.5) is 4.39 Å². The maximum Gasteiger partial charge on any atom is 0.287 e. The third kappa shape index (κ3) is 2.26. The number of nitrogens with one attached hydrogen (secondary N) is 1. The molecular formula is C12H17FN2O3. The summed E-state index contributed by atoms with van der Waals surface area (Å²) in [4.78, 5) is 12.5. The van der Waals surface area contributed by atoms with E-state index in [9.17, 15) is 14.3 Å². The number of nitrogens with zero attached hydrogens (tertiary/aromatic N) is 1. The highest BCUT2D eigenvalue weighted by Crippen LogP contribution is 2.30. The highest BCUT2D eigenvalue weighted by molar-refractivity contribution is 5.93. The molecule has 2 rings (SSSR count). The minimum Gasteiger partial charge on any atom is -0.390 e. The van der Waals surface area contributed by atoms with Gasteiger partial charge in [-0.1, -0.05) is 20.4 Å². The Labute approximate surface area is 105 Å². The minimum atomic E-state index is -0.895. The van der Waals surface area contributed by atoms with Gasteiger partial charge < -0.3 is 20.1 Å². The lowest BCUT2D eigenvalue weighted by atomic mass is 10.0. The predicted molar refractivity (Wildman–Crippen MR) is 62.4 cm³/mol. The molecule has 2 N–H and O–H groups in total. The van der Waals surface area contributed by atoms with E-state index in [-0.39, 0.29) is 17.8 Å². The number of hydrogen-bond acceptors (Lipinski definition) is 4. The zero-order valence-corrected chi connectivity index (χ0v) is 10.4. The van der Waals surface area contributed by atoms with Gasteiger partial charge in [-0.2, -0.15) is 4.39 Å². The molecule has 0 aromatic heterocycles. The molecule has 0 spiro atoms. The zero-order chi connectivity index (χ0) is 13.4. The van der Waals surface area contributed by atoms with Crippen molar-refractivity contribution in [1.82, 2.24) is 10.2 Å². The second-order valence-electron chi connectivity index (χ2n) is 4.89. The van der Waals surface area contributed by atoms with Gasteiger partial charge in [0.1, 0.15) is 12.0 Å². The van der Waals surface area contributed by atoms with Gasteiger partial charge in [-0.15, -0.1) is 0 Å². The largest absolute Gasteiger partial charge is 0.390 e. The number of carbonyl (C=O) groups is 1. The number of carbonyl (C=O) groups excluding carboxylic acids is 1. The van der Waals surface area contributed by atoms with Crippen LogP contribution in [-0.2, 0) is 9.53 Å². The van der Waals surface area contributed by atoms with Crippen LogP contribution < -0.4 is 5.32 Å². The van der Waals surface area contributed by atoms with E-state index in [2.05, 4.69) is 11.9 Å². The summed E-state index contributed by atoms with van der Waals surface area (Å²) in [5, 5.41) is 12.2. The Morgan fingerprint density at radius 3 is 2.89 bits per heavy atom. The van der Waals surface area contributed by atoms with Crippen LogP contribution in [0, 0.1) is 5.92 Å². The van der Waals surface area contributed by atoms with Crippen molar-refractivity contribution in [3.8, 4) is 0 Å². The lowest BCUT2D eigenvalue weighted by molar-refractivity contribution is -0.120. The first-order valence-corrected chi connectivity index (χ1v) is 5.89. The molecule has 100 valence electrons. The molecule has 0 radical (unpaired) electrons. The summed E-state index contributed by atoms with van der Waals surface area (Å²) < 4.78 is 18.9. The third-order valence-corrected chi connectivity index (χ3v) is 3.14. The van der Waals surface area contributed by atoms with E-state index in [1.54, 1.807) is 0 Å². The van der Waals surface area contributed by atoms with Crippen molar-refractivity contribution in [2.45, 2.75) is 38.7 Å². The molecule has 3 atom stereocenters. The summed E-state index contributed by atoms with van der Waals surface area (Å²) in [6.07, 6.45) is 0.00278. The van der Waals surface area contributed by atoms with Gasteiger partial charge in [-0.05, 0) is 5.92 Å². The Bertz CT molecular complexity index is 408. The predicted octanol–water partition coefficient (Wildman–Crippen LogP) is 0.832. The van der Waals surface area contributed by atoms with E-state index < -0.39 is 24.1 Å². The summed E-state index contributed by atoms with van der Waals surface area (Å²) in [6, 6.07) is 0. The number of hydrogen-bond donors (Lipinski definition) is 2. The molecule has 2 aliphatic rings. The van der Waals surface area contributed by atoms with Gasteiger partial charge in [-0.25, -0.2) is 0 Å². The van der Waals surface area contributed by atoms with Crippen molar-refractivity contribution >= 4 is 5.91 Å². The second-order valence-corrected chi connectivity index (χ2v) is 4.89. The molecule has 1 fully saturated rings. The van der Waals surface area contributed by atoms with Gasteiger partial charge in [-0.3, -0.25) is 4.79 Å². The molecule has 0 aromatic rings. The Balaban J connectivity index is 2.14. The Kier molecular flexibility index (Phi) is 3.41. The Morgan fingerprint density at radius 2 is 2.33 bits per heavy atom. The van der Waals surface area contributed by atoms with Crippen molar-refractivity contribution in [2.24, 2.45) is 5.92 Å². The van der Waals surface area contributed by atoms with Crippen molar-refractivity contribution in [3.05, 3.63) is 24.4 Å². The van der Waals surface area contributed by atoms with Crippen LogP contribution in [0.15, 0.2) is 24.4 Å². The topological polar surface area (TPSA) is 61.8 Å². The Hall–Kier alpha value is -1.40. The van der Waals surface area contributed by atoms with E-state index >= 15 is 0 Å². The first-order chi connectivity index (χ1) is 8.40. The summed E-state index contributed by atoms with van der Waals surface area (Å²) in [6.45, 7) is 7.53. The smallest absolute Gasteiger partial charge is 0.287 e. The van der Waals surface area contributed by atoms with Crippen LogP contribution >= 0.6 is 0 Å². The normalized spacial score (nSPS) is 32.8. The van der Waals surface area contributed by atoms with Crippen molar-refractivity contribution in [1.29, 1.82) is 0 Å². The van der Waals surface area contributed by atoms with E-state index in [1.807, 2.05) is 13.8 Å². The summed E-state index contributed by atoms with van der Waals surface area (Å²) in [5.41, 5.74) is 0. The number of ether oxygens (including phenoxy) is 1. The van der Waals surface area contributed by atoms with E-state index in [0.717, 1.165) is 6.20 Å². The highest BCUT2D eigenvalue weighted by Gasteiger charge is 2.40. The van der Waals surface area contributed by atoms with Crippen molar-refractivity contribution in [3.63, 3.8) is 0 Å². The molecule has 0 bridgehead atoms. The Morgan fingerprint density at radius 1 is 1.67 bits per heavy atom. The SMILES string of the molecule is C=C1NC(=O)C(F)=CN1[C@H]1CC(O)[C@@H](C(C)C)O1. The van der Waals surface area contributed by atoms with Crippen molar-refractivity contribution < 1.29 is 19.0 Å². The molecule has 0 saturated carbocycles. The average molecular weight is 256 g/mol. The number of halogens is 1. The third-order valence-electron chi connectivity index (χ3n) is 3.14. The van der Waals surface area contributed by atoms with Gasteiger partial charge >= 0.3 is 0 Å². The van der Waals surface area contributed by atoms with Crippen LogP contribution in [0.1, 0.15) is 20.3 Å². The number of aliphatic hydroxyl groups excluding tert-OH is 1. The number of aliphatic hydroxyl groups is 1. The molecule has 1 unspecified atom stereocenters. The lowest BCUT2D eigenvalue weighted by Gasteiger charge is -2.31. The standard InChI is InChI=1S/C12H17FN2O3/c1-6(2)11-9(16)4-10(18-11)15-5-8(13)12(17)14-7(15)3/h5-6,9-11,16H,3-4H2,1-2H3,(H,14,17)/t9?,10-,11-/m1/s1. The van der Waals surface area contributed by atoms with Gasteiger partial charge in [0.15, 0.2) is 0 Å². The molecule has 6 heteroatoms. The van der Waals surface area contributed by atoms with Crippen LogP contribution in [0.25, 0.3) is 0 Å². The highest BCUT2D eigenvalue weighted by atomic mass is 19.1. The second kappa shape index (κ2) is 4.70. The van der Waals surface area contributed by atoms with Crippen LogP contribution in [0.5, 0.6) is 0 Å². The van der Waals surface area contributed by atoms with Gasteiger partial charge in [0.25, 0.3) is 5.91 Å². The maximum absolute atomic E-state index is 13.3.